The molecule has 0 bridgehead atoms. The first-order valence-electron chi connectivity index (χ1n) is 10.1. The fraction of sp³-hybridized carbons (Fsp3) is 0.261. The van der Waals surface area contributed by atoms with Gasteiger partial charge >= 0.3 is 0 Å². The predicted molar refractivity (Wildman–Crippen MR) is 117 cm³/mol. The largest absolute Gasteiger partial charge is 0.346 e. The maximum atomic E-state index is 14.0. The minimum Gasteiger partial charge on any atom is -0.346 e. The lowest BCUT2D eigenvalue weighted by molar-refractivity contribution is -0.116. The molecule has 0 aliphatic carbocycles. The van der Waals surface area contributed by atoms with Gasteiger partial charge in [0.15, 0.2) is 0 Å². The zero-order valence-electron chi connectivity index (χ0n) is 17.4. The molecule has 4 rings (SSSR count). The third-order valence-corrected chi connectivity index (χ3v) is 6.98. The van der Waals surface area contributed by atoms with Gasteiger partial charge in [0.05, 0.1) is 18.0 Å². The minimum atomic E-state index is -3.75. The van der Waals surface area contributed by atoms with Crippen LogP contribution in [0.25, 0.3) is 0 Å². The Morgan fingerprint density at radius 3 is 2.68 bits per heavy atom. The molecule has 1 aliphatic heterocycles. The third kappa shape index (κ3) is 4.26. The van der Waals surface area contributed by atoms with E-state index in [4.69, 9.17) is 0 Å². The van der Waals surface area contributed by atoms with Crippen molar-refractivity contribution in [3.05, 3.63) is 83.4 Å². The summed E-state index contributed by atoms with van der Waals surface area (Å²) in [5.41, 5.74) is 2.86. The van der Waals surface area contributed by atoms with E-state index in [2.05, 4.69) is 4.72 Å². The van der Waals surface area contributed by atoms with Crippen LogP contribution in [0.2, 0.25) is 0 Å². The Hall–Kier alpha value is -2.97. The van der Waals surface area contributed by atoms with Crippen LogP contribution in [0.5, 0.6) is 0 Å². The predicted octanol–water partition coefficient (Wildman–Crippen LogP) is 3.45. The Morgan fingerprint density at radius 2 is 1.94 bits per heavy atom. The van der Waals surface area contributed by atoms with Gasteiger partial charge in [-0.15, -0.1) is 0 Å². The van der Waals surface area contributed by atoms with Gasteiger partial charge in [0, 0.05) is 36.1 Å². The van der Waals surface area contributed by atoms with Crippen molar-refractivity contribution in [2.24, 2.45) is 0 Å². The second-order valence-corrected chi connectivity index (χ2v) is 9.54. The van der Waals surface area contributed by atoms with E-state index in [0.29, 0.717) is 18.5 Å². The van der Waals surface area contributed by atoms with E-state index in [1.165, 1.54) is 19.1 Å². The number of benzene rings is 2. The number of anilines is 1. The van der Waals surface area contributed by atoms with E-state index in [1.807, 2.05) is 11.5 Å². The van der Waals surface area contributed by atoms with Gasteiger partial charge < -0.3 is 9.47 Å². The highest BCUT2D eigenvalue weighted by atomic mass is 32.2. The maximum absolute atomic E-state index is 14.0. The lowest BCUT2D eigenvalue weighted by Gasteiger charge is -2.20. The van der Waals surface area contributed by atoms with Gasteiger partial charge in [-0.3, -0.25) is 4.79 Å². The van der Waals surface area contributed by atoms with Crippen molar-refractivity contribution in [2.75, 3.05) is 4.90 Å². The molecular weight excluding hydrogens is 417 g/mol. The zero-order chi connectivity index (χ0) is 22.2. The molecule has 0 unspecified atom stereocenters. The summed E-state index contributed by atoms with van der Waals surface area (Å²) in [6.45, 7) is 3.84. The summed E-state index contributed by atoms with van der Waals surface area (Å²) < 4.78 is 44.2. The SMILES string of the molecule is CC(=O)N1c2ccc(S(=O)(=O)NCc3cccn3Cc3ccccc3F)cc2C[C@@H]1C. The summed E-state index contributed by atoms with van der Waals surface area (Å²) in [6.07, 6.45) is 2.41. The average Bonchev–Trinajstić information content (AvgIpc) is 3.30. The summed E-state index contributed by atoms with van der Waals surface area (Å²) in [7, 11) is -3.75. The van der Waals surface area contributed by atoms with Crippen LogP contribution in [0.4, 0.5) is 10.1 Å². The number of hydrogen-bond donors (Lipinski definition) is 1. The topological polar surface area (TPSA) is 71.4 Å². The van der Waals surface area contributed by atoms with Crippen molar-refractivity contribution in [1.29, 1.82) is 0 Å². The van der Waals surface area contributed by atoms with Crippen LogP contribution in [0, 0.1) is 5.82 Å². The van der Waals surface area contributed by atoms with E-state index in [1.54, 1.807) is 53.6 Å². The molecule has 8 heteroatoms. The highest BCUT2D eigenvalue weighted by molar-refractivity contribution is 7.89. The number of carbonyl (C=O) groups is 1. The quantitative estimate of drug-likeness (QED) is 0.637. The zero-order valence-corrected chi connectivity index (χ0v) is 18.2. The van der Waals surface area contributed by atoms with Crippen LogP contribution < -0.4 is 9.62 Å². The van der Waals surface area contributed by atoms with Gasteiger partial charge in [0.2, 0.25) is 15.9 Å². The molecule has 1 atom stereocenters. The number of carbonyl (C=O) groups excluding carboxylic acids is 1. The number of halogens is 1. The molecule has 2 aromatic carbocycles. The van der Waals surface area contributed by atoms with E-state index < -0.39 is 10.0 Å². The van der Waals surface area contributed by atoms with Crippen molar-refractivity contribution in [3.63, 3.8) is 0 Å². The summed E-state index contributed by atoms with van der Waals surface area (Å²) >= 11 is 0. The van der Waals surface area contributed by atoms with Gasteiger partial charge in [-0.05, 0) is 55.3 Å². The number of sulfonamides is 1. The van der Waals surface area contributed by atoms with Crippen LogP contribution in [-0.2, 0) is 34.3 Å². The van der Waals surface area contributed by atoms with E-state index in [9.17, 15) is 17.6 Å². The van der Waals surface area contributed by atoms with Crippen LogP contribution in [-0.4, -0.2) is 24.9 Å². The highest BCUT2D eigenvalue weighted by Gasteiger charge is 2.30. The number of nitrogens with one attached hydrogen (secondary N) is 1. The van der Waals surface area contributed by atoms with Crippen molar-refractivity contribution >= 4 is 21.6 Å². The molecule has 1 aliphatic rings. The van der Waals surface area contributed by atoms with Crippen LogP contribution in [0.15, 0.2) is 65.7 Å². The summed E-state index contributed by atoms with van der Waals surface area (Å²) in [4.78, 5) is 13.7. The highest BCUT2D eigenvalue weighted by Crippen LogP contribution is 2.33. The van der Waals surface area contributed by atoms with Gasteiger partial charge in [-0.25, -0.2) is 17.5 Å². The van der Waals surface area contributed by atoms with Crippen LogP contribution >= 0.6 is 0 Å². The van der Waals surface area contributed by atoms with Gasteiger partial charge in [-0.2, -0.15) is 0 Å². The van der Waals surface area contributed by atoms with E-state index >= 15 is 0 Å². The van der Waals surface area contributed by atoms with Crippen molar-refractivity contribution < 1.29 is 17.6 Å². The fourth-order valence-electron chi connectivity index (χ4n) is 4.08. The second-order valence-electron chi connectivity index (χ2n) is 7.78. The molecule has 0 saturated heterocycles. The van der Waals surface area contributed by atoms with Crippen molar-refractivity contribution in [3.8, 4) is 0 Å². The minimum absolute atomic E-state index is 0.0000669. The third-order valence-electron chi connectivity index (χ3n) is 5.58. The number of aromatic nitrogens is 1. The second kappa shape index (κ2) is 8.28. The summed E-state index contributed by atoms with van der Waals surface area (Å²) in [5.74, 6) is -0.356. The standard InChI is InChI=1S/C23H24FN3O3S/c1-16-12-19-13-21(9-10-23(19)27(16)17(2)28)31(29,30)25-14-20-7-5-11-26(20)15-18-6-3-4-8-22(18)24/h3-11,13,16,25H,12,14-15H2,1-2H3/t16-/m0/s1. The Morgan fingerprint density at radius 1 is 1.16 bits per heavy atom. The van der Waals surface area contributed by atoms with Crippen LogP contribution in [0.3, 0.4) is 0 Å². The monoisotopic (exact) mass is 441 g/mol. The molecule has 0 radical (unpaired) electrons. The van der Waals surface area contributed by atoms with Gasteiger partial charge in [-0.1, -0.05) is 18.2 Å². The molecule has 31 heavy (non-hydrogen) atoms. The number of hydrogen-bond acceptors (Lipinski definition) is 3. The summed E-state index contributed by atoms with van der Waals surface area (Å²) in [6, 6.07) is 15.0. The number of fused-ring (bicyclic) bond motifs is 1. The number of amides is 1. The van der Waals surface area contributed by atoms with Crippen LogP contribution in [0.1, 0.15) is 30.7 Å². The van der Waals surface area contributed by atoms with Gasteiger partial charge in [0.25, 0.3) is 0 Å². The van der Waals surface area contributed by atoms with E-state index in [-0.39, 0.29) is 29.2 Å². The Balaban J connectivity index is 1.50. The first kappa shape index (κ1) is 21.3. The molecule has 1 amide bonds. The molecule has 0 fully saturated rings. The smallest absolute Gasteiger partial charge is 0.240 e. The first-order valence-corrected chi connectivity index (χ1v) is 11.5. The number of rotatable bonds is 6. The lowest BCUT2D eigenvalue weighted by Crippen LogP contribution is -2.33. The molecule has 0 saturated carbocycles. The first-order chi connectivity index (χ1) is 14.8. The average molecular weight is 442 g/mol. The molecule has 0 spiro atoms. The molecule has 162 valence electrons. The lowest BCUT2D eigenvalue weighted by atomic mass is 10.1. The molecule has 3 aromatic rings. The molecular formula is C23H24FN3O3S. The van der Waals surface area contributed by atoms with E-state index in [0.717, 1.165) is 16.9 Å². The van der Waals surface area contributed by atoms with Gasteiger partial charge in [0.1, 0.15) is 5.82 Å². The Bertz CT molecular complexity index is 1240. The van der Waals surface area contributed by atoms with Crippen molar-refractivity contribution in [2.45, 2.75) is 44.3 Å². The summed E-state index contributed by atoms with van der Waals surface area (Å²) in [5, 5.41) is 0. The maximum Gasteiger partial charge on any atom is 0.240 e. The Labute approximate surface area is 181 Å². The normalized spacial score (nSPS) is 15.8. The fourth-order valence-corrected chi connectivity index (χ4v) is 5.13. The molecule has 1 aromatic heterocycles. The number of nitrogens with zero attached hydrogens (tertiary/aromatic N) is 2. The molecule has 1 N–H and O–H groups in total. The van der Waals surface area contributed by atoms with Crippen molar-refractivity contribution in [1.82, 2.24) is 9.29 Å². The molecule has 2 heterocycles. The molecule has 6 nitrogen and oxygen atoms in total. The Kier molecular flexibility index (Phi) is 5.68.